The van der Waals surface area contributed by atoms with Crippen LogP contribution in [0, 0.1) is 0 Å². The predicted octanol–water partition coefficient (Wildman–Crippen LogP) is 3.20. The minimum Gasteiger partial charge on any atom is -0.346 e. The topological polar surface area (TPSA) is 77.8 Å². The number of hydrogen-bond acceptors (Lipinski definition) is 3. The standard InChI is InChI=1S/C7H9O2P.C4H12ClO2P/c8-10(9)6-7-4-2-1-3-5-7;1-3-8(5,6,7)4-2/h1-5,10H,6H2,(H,8,9);6-7H,3-4H2,1-2H3. The van der Waals surface area contributed by atoms with Gasteiger partial charge >= 0.3 is 53.6 Å². The Balaban J connectivity index is 0.000000331. The fourth-order valence-electron chi connectivity index (χ4n) is 0.994. The van der Waals surface area contributed by atoms with Gasteiger partial charge in [-0.2, -0.15) is 0 Å². The molecule has 0 heterocycles. The summed E-state index contributed by atoms with van der Waals surface area (Å²) in [5, 5.41) is 0. The van der Waals surface area contributed by atoms with Crippen molar-refractivity contribution < 1.29 is 19.2 Å². The predicted molar refractivity (Wildman–Crippen MR) is 79.7 cm³/mol. The summed E-state index contributed by atoms with van der Waals surface area (Å²) in [7, 11) is -2.34. The van der Waals surface area contributed by atoms with Crippen LogP contribution in [0.2, 0.25) is 0 Å². The molecule has 0 spiro atoms. The molecule has 0 aliphatic rings. The molecule has 1 aromatic carbocycles. The van der Waals surface area contributed by atoms with Crippen molar-refractivity contribution >= 4 is 25.7 Å². The number of benzene rings is 1. The Hall–Kier alpha value is 0.0500. The van der Waals surface area contributed by atoms with Crippen LogP contribution in [0.15, 0.2) is 30.3 Å². The molecule has 0 saturated heterocycles. The Morgan fingerprint density at radius 2 is 1.61 bits per heavy atom. The first-order valence-electron chi connectivity index (χ1n) is 5.66. The SMILES string of the molecule is CCP(O)(O)(Cl)CC.O=[PH](O)Cc1ccccc1. The van der Waals surface area contributed by atoms with Crippen molar-refractivity contribution in [3.8, 4) is 0 Å². The molecule has 0 fully saturated rings. The molecule has 0 aliphatic carbocycles. The van der Waals surface area contributed by atoms with Crippen LogP contribution < -0.4 is 0 Å². The van der Waals surface area contributed by atoms with Crippen molar-refractivity contribution in [1.29, 1.82) is 0 Å². The Kier molecular flexibility index (Phi) is 7.61. The molecule has 0 aromatic heterocycles. The fourth-order valence-corrected chi connectivity index (χ4v) is 2.03. The third kappa shape index (κ3) is 9.04. The fraction of sp³-hybridized carbons (Fsp3) is 0.455. The first-order chi connectivity index (χ1) is 8.18. The quantitative estimate of drug-likeness (QED) is 0.746. The maximum absolute atomic E-state index is 10.4. The van der Waals surface area contributed by atoms with Gasteiger partial charge < -0.3 is 4.89 Å². The maximum atomic E-state index is 10.4. The van der Waals surface area contributed by atoms with Crippen LogP contribution in [-0.4, -0.2) is 27.0 Å². The van der Waals surface area contributed by atoms with Crippen molar-refractivity contribution in [2.45, 2.75) is 20.0 Å². The van der Waals surface area contributed by atoms with Gasteiger partial charge in [-0.25, -0.2) is 0 Å². The van der Waals surface area contributed by atoms with E-state index >= 15 is 0 Å². The normalized spacial score (nSPS) is 14.9. The molecule has 0 amide bonds. The summed E-state index contributed by atoms with van der Waals surface area (Å²) in [6.45, 7) is 3.35. The summed E-state index contributed by atoms with van der Waals surface area (Å²) >= 11 is 5.40. The van der Waals surface area contributed by atoms with E-state index in [1.165, 1.54) is 0 Å². The van der Waals surface area contributed by atoms with Crippen molar-refractivity contribution in [1.82, 2.24) is 0 Å². The summed E-state index contributed by atoms with van der Waals surface area (Å²) in [6.07, 6.45) is -2.80. The molecule has 0 bridgehead atoms. The minimum absolute atomic E-state index is 0.268. The monoisotopic (exact) mass is 314 g/mol. The Labute approximate surface area is 113 Å². The summed E-state index contributed by atoms with van der Waals surface area (Å²) in [4.78, 5) is 26.6. The van der Waals surface area contributed by atoms with Crippen LogP contribution in [0.3, 0.4) is 0 Å². The smallest absolute Gasteiger partial charge is 0.193 e. The number of halogens is 1. The molecular formula is C11H21ClO4P2. The van der Waals surface area contributed by atoms with E-state index in [0.717, 1.165) is 5.56 Å². The summed E-state index contributed by atoms with van der Waals surface area (Å²) in [6, 6.07) is 9.30. The minimum atomic E-state index is -3.63. The first-order valence-corrected chi connectivity index (χ1v) is 10.6. The van der Waals surface area contributed by atoms with Crippen LogP contribution in [-0.2, 0) is 10.7 Å². The molecule has 7 heteroatoms. The molecular weight excluding hydrogens is 294 g/mol. The van der Waals surface area contributed by atoms with Crippen LogP contribution in [0.1, 0.15) is 19.4 Å². The Morgan fingerprint density at radius 1 is 1.17 bits per heavy atom. The van der Waals surface area contributed by atoms with Gasteiger partial charge in [0.1, 0.15) is 0 Å². The van der Waals surface area contributed by atoms with Gasteiger partial charge in [0.25, 0.3) is 0 Å². The third-order valence-corrected chi connectivity index (χ3v) is 7.10. The zero-order chi connectivity index (χ0) is 14.3. The second-order valence-corrected chi connectivity index (χ2v) is 11.2. The Morgan fingerprint density at radius 3 is 1.89 bits per heavy atom. The zero-order valence-corrected chi connectivity index (χ0v) is 13.2. The van der Waals surface area contributed by atoms with E-state index < -0.39 is 14.4 Å². The maximum Gasteiger partial charge on any atom is 0.193 e. The van der Waals surface area contributed by atoms with Crippen molar-refractivity contribution in [3.63, 3.8) is 0 Å². The van der Waals surface area contributed by atoms with Crippen molar-refractivity contribution in [3.05, 3.63) is 35.9 Å². The van der Waals surface area contributed by atoms with Crippen LogP contribution in [0.4, 0.5) is 0 Å². The van der Waals surface area contributed by atoms with Gasteiger partial charge in [-0.05, 0) is 5.56 Å². The van der Waals surface area contributed by atoms with E-state index in [9.17, 15) is 4.57 Å². The average Bonchev–Trinajstić information content (AvgIpc) is 2.30. The largest absolute Gasteiger partial charge is 0.346 e. The molecule has 0 aliphatic heterocycles. The summed E-state index contributed by atoms with van der Waals surface area (Å²) < 4.78 is 10.4. The first kappa shape index (κ1) is 18.0. The van der Waals surface area contributed by atoms with E-state index in [1.807, 2.05) is 30.3 Å². The van der Waals surface area contributed by atoms with Gasteiger partial charge in [-0.3, -0.25) is 4.57 Å². The van der Waals surface area contributed by atoms with E-state index in [1.54, 1.807) is 13.8 Å². The summed E-state index contributed by atoms with van der Waals surface area (Å²) in [5.74, 6) is 0. The molecule has 1 rings (SSSR count). The average molecular weight is 315 g/mol. The molecule has 3 N–H and O–H groups in total. The van der Waals surface area contributed by atoms with Crippen LogP contribution >= 0.6 is 25.7 Å². The molecule has 4 nitrogen and oxygen atoms in total. The van der Waals surface area contributed by atoms with Crippen molar-refractivity contribution in [2.75, 3.05) is 12.3 Å². The van der Waals surface area contributed by atoms with Gasteiger partial charge in [0.05, 0.1) is 0 Å². The molecule has 1 unspecified atom stereocenters. The number of hydrogen-bond donors (Lipinski definition) is 3. The van der Waals surface area contributed by atoms with E-state index in [4.69, 9.17) is 25.9 Å². The van der Waals surface area contributed by atoms with Crippen molar-refractivity contribution in [2.24, 2.45) is 0 Å². The second-order valence-electron chi connectivity index (χ2n) is 3.96. The summed E-state index contributed by atoms with van der Waals surface area (Å²) in [5.41, 5.74) is 0.925. The van der Waals surface area contributed by atoms with E-state index in [0.29, 0.717) is 6.16 Å². The van der Waals surface area contributed by atoms with Gasteiger partial charge in [0.2, 0.25) is 0 Å². The Bertz CT molecular complexity index is 368. The van der Waals surface area contributed by atoms with Crippen LogP contribution in [0.5, 0.6) is 0 Å². The molecule has 18 heavy (non-hydrogen) atoms. The molecule has 0 saturated carbocycles. The molecule has 1 aromatic rings. The van der Waals surface area contributed by atoms with Gasteiger partial charge in [0, 0.05) is 6.16 Å². The van der Waals surface area contributed by atoms with Gasteiger partial charge in [0.15, 0.2) is 8.03 Å². The van der Waals surface area contributed by atoms with E-state index in [2.05, 4.69) is 0 Å². The number of rotatable bonds is 4. The van der Waals surface area contributed by atoms with Gasteiger partial charge in [-0.15, -0.1) is 0 Å². The van der Waals surface area contributed by atoms with E-state index in [-0.39, 0.29) is 12.3 Å². The third-order valence-electron chi connectivity index (χ3n) is 2.45. The molecule has 1 atom stereocenters. The zero-order valence-electron chi connectivity index (χ0n) is 10.6. The molecule has 106 valence electrons. The second kappa shape index (κ2) is 7.59. The van der Waals surface area contributed by atoms with Gasteiger partial charge in [-0.1, -0.05) is 30.3 Å². The molecule has 0 radical (unpaired) electrons. The van der Waals surface area contributed by atoms with Crippen LogP contribution in [0.25, 0.3) is 0 Å².